The van der Waals surface area contributed by atoms with Crippen molar-refractivity contribution in [1.82, 2.24) is 5.32 Å². The molecule has 2 N–H and O–H groups in total. The number of carbonyl (C=O) groups is 1. The van der Waals surface area contributed by atoms with E-state index in [0.29, 0.717) is 17.8 Å². The third-order valence-corrected chi connectivity index (χ3v) is 3.48. The minimum atomic E-state index is -0.432. The highest BCUT2D eigenvalue weighted by atomic mass is 19.1. The van der Waals surface area contributed by atoms with E-state index in [2.05, 4.69) is 10.6 Å². The first kappa shape index (κ1) is 13.4. The summed E-state index contributed by atoms with van der Waals surface area (Å²) >= 11 is 0. The summed E-state index contributed by atoms with van der Waals surface area (Å²) in [6.45, 7) is 0.663. The zero-order valence-corrected chi connectivity index (χ0v) is 11.6. The quantitative estimate of drug-likeness (QED) is 0.912. The molecule has 0 aliphatic carbocycles. The van der Waals surface area contributed by atoms with Crippen molar-refractivity contribution in [2.24, 2.45) is 0 Å². The third kappa shape index (κ3) is 2.54. The van der Waals surface area contributed by atoms with E-state index >= 15 is 0 Å². The first-order valence-electron chi connectivity index (χ1n) is 6.69. The molecule has 21 heavy (non-hydrogen) atoms. The largest absolute Gasteiger partial charge is 0.492 e. The molecular formula is C16H15FN2O2. The normalized spacial score (nSPS) is 13.3. The Morgan fingerprint density at radius 2 is 2.14 bits per heavy atom. The Labute approximate surface area is 121 Å². The first-order chi connectivity index (χ1) is 10.2. The molecule has 108 valence electrons. The smallest absolute Gasteiger partial charge is 0.251 e. The molecule has 4 nitrogen and oxygen atoms in total. The van der Waals surface area contributed by atoms with E-state index in [4.69, 9.17) is 4.74 Å². The number of halogens is 1. The van der Waals surface area contributed by atoms with E-state index in [-0.39, 0.29) is 11.7 Å². The van der Waals surface area contributed by atoms with Gasteiger partial charge in [-0.3, -0.25) is 4.79 Å². The van der Waals surface area contributed by atoms with E-state index in [9.17, 15) is 9.18 Å². The summed E-state index contributed by atoms with van der Waals surface area (Å²) in [5.41, 5.74) is 2.92. The maximum Gasteiger partial charge on any atom is 0.251 e. The van der Waals surface area contributed by atoms with Gasteiger partial charge >= 0.3 is 0 Å². The molecule has 0 saturated carbocycles. The second-order valence-electron chi connectivity index (χ2n) is 4.82. The number of ether oxygens (including phenoxy) is 1. The predicted octanol–water partition coefficient (Wildman–Crippen LogP) is 2.86. The lowest BCUT2D eigenvalue weighted by Crippen LogP contribution is -2.31. The number of carbonyl (C=O) groups excluding carboxylic acids is 1. The van der Waals surface area contributed by atoms with Crippen molar-refractivity contribution < 1.29 is 13.9 Å². The van der Waals surface area contributed by atoms with Crippen LogP contribution >= 0.6 is 0 Å². The lowest BCUT2D eigenvalue weighted by molar-refractivity contribution is 0.0946. The van der Waals surface area contributed by atoms with Crippen LogP contribution < -0.4 is 15.4 Å². The van der Waals surface area contributed by atoms with Crippen molar-refractivity contribution in [3.8, 4) is 5.75 Å². The summed E-state index contributed by atoms with van der Waals surface area (Å²) in [4.78, 5) is 11.8. The minimum Gasteiger partial charge on any atom is -0.492 e. The average molecular weight is 286 g/mol. The Bertz CT molecular complexity index is 701. The maximum absolute atomic E-state index is 13.7. The fourth-order valence-electron chi connectivity index (χ4n) is 2.46. The standard InChI is InChI=1S/C16H15FN2O2/c1-21-15-13(17)3-2-4-14(15)19-11-6-5-10-7-8-18-16(20)12(10)9-11/h2-6,9,19H,7-8H2,1H3,(H,18,20). The number of hydrogen-bond acceptors (Lipinski definition) is 3. The Morgan fingerprint density at radius 1 is 1.29 bits per heavy atom. The van der Waals surface area contributed by atoms with Gasteiger partial charge in [-0.05, 0) is 36.2 Å². The Hall–Kier alpha value is -2.56. The van der Waals surface area contributed by atoms with Crippen LogP contribution in [0.4, 0.5) is 15.8 Å². The molecule has 0 bridgehead atoms. The second kappa shape index (κ2) is 5.44. The van der Waals surface area contributed by atoms with Crippen LogP contribution in [0.15, 0.2) is 36.4 Å². The van der Waals surface area contributed by atoms with Gasteiger partial charge in [0.15, 0.2) is 11.6 Å². The van der Waals surface area contributed by atoms with Crippen LogP contribution in [0.2, 0.25) is 0 Å². The molecule has 2 aromatic carbocycles. The fourth-order valence-corrected chi connectivity index (χ4v) is 2.46. The first-order valence-corrected chi connectivity index (χ1v) is 6.69. The van der Waals surface area contributed by atoms with Gasteiger partial charge in [0.25, 0.3) is 5.91 Å². The van der Waals surface area contributed by atoms with Crippen molar-refractivity contribution in [2.75, 3.05) is 19.0 Å². The molecule has 1 heterocycles. The van der Waals surface area contributed by atoms with Crippen LogP contribution in [0.25, 0.3) is 0 Å². The van der Waals surface area contributed by atoms with Gasteiger partial charge in [0.1, 0.15) is 0 Å². The zero-order chi connectivity index (χ0) is 14.8. The summed E-state index contributed by atoms with van der Waals surface area (Å²) in [5.74, 6) is -0.357. The number of anilines is 2. The zero-order valence-electron chi connectivity index (χ0n) is 11.6. The maximum atomic E-state index is 13.7. The van der Waals surface area contributed by atoms with E-state index in [1.54, 1.807) is 18.2 Å². The minimum absolute atomic E-state index is 0.0777. The highest BCUT2D eigenvalue weighted by Gasteiger charge is 2.17. The topological polar surface area (TPSA) is 50.4 Å². The fraction of sp³-hybridized carbons (Fsp3) is 0.188. The van der Waals surface area contributed by atoms with Gasteiger partial charge in [0, 0.05) is 17.8 Å². The SMILES string of the molecule is COc1c(F)cccc1Nc1ccc2c(c1)C(=O)NCC2. The monoisotopic (exact) mass is 286 g/mol. The van der Waals surface area contributed by atoms with E-state index < -0.39 is 5.82 Å². The molecule has 0 spiro atoms. The molecule has 5 heteroatoms. The van der Waals surface area contributed by atoms with Gasteiger partial charge < -0.3 is 15.4 Å². The second-order valence-corrected chi connectivity index (χ2v) is 4.82. The molecule has 1 aliphatic rings. The highest BCUT2D eigenvalue weighted by molar-refractivity contribution is 5.97. The van der Waals surface area contributed by atoms with Gasteiger partial charge in [-0.15, -0.1) is 0 Å². The van der Waals surface area contributed by atoms with Crippen molar-refractivity contribution in [2.45, 2.75) is 6.42 Å². The van der Waals surface area contributed by atoms with Crippen molar-refractivity contribution in [1.29, 1.82) is 0 Å². The molecule has 0 saturated heterocycles. The van der Waals surface area contributed by atoms with Crippen LogP contribution in [0, 0.1) is 5.82 Å². The molecule has 3 rings (SSSR count). The van der Waals surface area contributed by atoms with Crippen LogP contribution in [0.1, 0.15) is 15.9 Å². The number of methoxy groups -OCH3 is 1. The summed E-state index contributed by atoms with van der Waals surface area (Å²) in [7, 11) is 1.42. The Kier molecular flexibility index (Phi) is 3.48. The van der Waals surface area contributed by atoms with Gasteiger partial charge in [0.05, 0.1) is 12.8 Å². The predicted molar refractivity (Wildman–Crippen MR) is 78.7 cm³/mol. The lowest BCUT2D eigenvalue weighted by atomic mass is 10.00. The molecule has 1 aliphatic heterocycles. The summed E-state index contributed by atoms with van der Waals surface area (Å²) in [5, 5.41) is 5.90. The molecular weight excluding hydrogens is 271 g/mol. The highest BCUT2D eigenvalue weighted by Crippen LogP contribution is 2.31. The van der Waals surface area contributed by atoms with Crippen LogP contribution in [0.3, 0.4) is 0 Å². The van der Waals surface area contributed by atoms with Gasteiger partial charge in [-0.25, -0.2) is 4.39 Å². The number of nitrogens with one attached hydrogen (secondary N) is 2. The average Bonchev–Trinajstić information content (AvgIpc) is 2.48. The summed E-state index contributed by atoms with van der Waals surface area (Å²) < 4.78 is 18.7. The molecule has 0 aromatic heterocycles. The van der Waals surface area contributed by atoms with Crippen molar-refractivity contribution >= 4 is 17.3 Å². The third-order valence-electron chi connectivity index (χ3n) is 3.48. The van der Waals surface area contributed by atoms with Crippen LogP contribution in [0.5, 0.6) is 5.75 Å². The molecule has 0 unspecified atom stereocenters. The van der Waals surface area contributed by atoms with Gasteiger partial charge in [0.2, 0.25) is 0 Å². The number of hydrogen-bond donors (Lipinski definition) is 2. The van der Waals surface area contributed by atoms with E-state index in [1.807, 2.05) is 12.1 Å². The van der Waals surface area contributed by atoms with Crippen molar-refractivity contribution in [3.05, 3.63) is 53.3 Å². The number of amides is 1. The van der Waals surface area contributed by atoms with Crippen LogP contribution in [-0.4, -0.2) is 19.6 Å². The van der Waals surface area contributed by atoms with E-state index in [0.717, 1.165) is 17.7 Å². The van der Waals surface area contributed by atoms with Crippen molar-refractivity contribution in [3.63, 3.8) is 0 Å². The molecule has 1 amide bonds. The number of fused-ring (bicyclic) bond motifs is 1. The molecule has 0 radical (unpaired) electrons. The van der Waals surface area contributed by atoms with Gasteiger partial charge in [-0.2, -0.15) is 0 Å². The van der Waals surface area contributed by atoms with Crippen LogP contribution in [-0.2, 0) is 6.42 Å². The molecule has 0 atom stereocenters. The van der Waals surface area contributed by atoms with Gasteiger partial charge in [-0.1, -0.05) is 12.1 Å². The molecule has 2 aromatic rings. The summed E-state index contributed by atoms with van der Waals surface area (Å²) in [6.07, 6.45) is 0.824. The molecule has 0 fully saturated rings. The Morgan fingerprint density at radius 3 is 2.95 bits per heavy atom. The number of para-hydroxylation sites is 1. The summed E-state index contributed by atoms with van der Waals surface area (Å²) in [6, 6.07) is 10.2. The number of rotatable bonds is 3. The number of benzene rings is 2. The lowest BCUT2D eigenvalue weighted by Gasteiger charge is -2.18. The Balaban J connectivity index is 1.94. The van der Waals surface area contributed by atoms with E-state index in [1.165, 1.54) is 13.2 Å².